The maximum absolute atomic E-state index is 12.0. The molecular formula is C15H9BrO2. The fourth-order valence-corrected chi connectivity index (χ4v) is 2.62. The lowest BCUT2D eigenvalue weighted by Crippen LogP contribution is -2.14. The first-order valence-electron chi connectivity index (χ1n) is 5.57. The molecule has 0 atom stereocenters. The number of allylic oxidation sites excluding steroid dienone is 2. The minimum atomic E-state index is -0.132. The third-order valence-electron chi connectivity index (χ3n) is 3.12. The van der Waals surface area contributed by atoms with E-state index in [4.69, 9.17) is 0 Å². The Kier molecular flexibility index (Phi) is 2.45. The number of benzene rings is 2. The second kappa shape index (κ2) is 3.89. The summed E-state index contributed by atoms with van der Waals surface area (Å²) in [5.41, 5.74) is 2.10. The first kappa shape index (κ1) is 11.4. The Hall–Kier alpha value is -1.74. The van der Waals surface area contributed by atoms with Crippen LogP contribution >= 0.6 is 15.9 Å². The van der Waals surface area contributed by atoms with E-state index >= 15 is 0 Å². The fraction of sp³-hybridized carbons (Fsp3) is 0.0667. The summed E-state index contributed by atoms with van der Waals surface area (Å²) >= 11 is 3.13. The van der Waals surface area contributed by atoms with Crippen molar-refractivity contribution in [2.45, 2.75) is 6.92 Å². The number of carbonyl (C=O) groups is 2. The highest BCUT2D eigenvalue weighted by Gasteiger charge is 2.24. The van der Waals surface area contributed by atoms with E-state index in [-0.39, 0.29) is 11.6 Å². The van der Waals surface area contributed by atoms with Gasteiger partial charge in [-0.2, -0.15) is 0 Å². The summed E-state index contributed by atoms with van der Waals surface area (Å²) in [6.45, 7) is 2.00. The van der Waals surface area contributed by atoms with Gasteiger partial charge in [0, 0.05) is 17.2 Å². The summed E-state index contributed by atoms with van der Waals surface area (Å²) in [7, 11) is 0. The SMILES string of the molecule is Cc1ccc2cc3c(cc2c1)C(=O)C=C(Br)C3=O. The molecular weight excluding hydrogens is 292 g/mol. The number of ketones is 2. The molecule has 0 radical (unpaired) electrons. The van der Waals surface area contributed by atoms with Crippen LogP contribution in [0.4, 0.5) is 0 Å². The van der Waals surface area contributed by atoms with Crippen LogP contribution in [0.25, 0.3) is 10.8 Å². The molecule has 0 fully saturated rings. The maximum atomic E-state index is 12.0. The van der Waals surface area contributed by atoms with Gasteiger partial charge in [0.1, 0.15) is 0 Å². The number of hydrogen-bond donors (Lipinski definition) is 0. The van der Waals surface area contributed by atoms with Crippen LogP contribution in [-0.2, 0) is 0 Å². The maximum Gasteiger partial charge on any atom is 0.200 e. The second-order valence-electron chi connectivity index (χ2n) is 4.43. The number of aryl methyl sites for hydroxylation is 1. The third-order valence-corrected chi connectivity index (χ3v) is 3.71. The summed E-state index contributed by atoms with van der Waals surface area (Å²) in [6, 6.07) is 9.57. The molecule has 0 aliphatic heterocycles. The highest BCUT2D eigenvalue weighted by molar-refractivity contribution is 9.12. The monoisotopic (exact) mass is 300 g/mol. The summed E-state index contributed by atoms with van der Waals surface area (Å²) in [6.07, 6.45) is 1.34. The molecule has 0 unspecified atom stereocenters. The number of carbonyl (C=O) groups excluding carboxylic acids is 2. The van der Waals surface area contributed by atoms with E-state index in [2.05, 4.69) is 15.9 Å². The molecule has 88 valence electrons. The summed E-state index contributed by atoms with van der Waals surface area (Å²) < 4.78 is 0.325. The van der Waals surface area contributed by atoms with Crippen molar-refractivity contribution >= 4 is 38.3 Å². The largest absolute Gasteiger partial charge is 0.289 e. The number of Topliss-reactive ketones (excluding diaryl/α,β-unsaturated/α-hetero) is 1. The number of fused-ring (bicyclic) bond motifs is 2. The lowest BCUT2D eigenvalue weighted by atomic mass is 9.91. The first-order valence-corrected chi connectivity index (χ1v) is 6.36. The van der Waals surface area contributed by atoms with E-state index in [0.717, 1.165) is 16.3 Å². The van der Waals surface area contributed by atoms with Crippen LogP contribution < -0.4 is 0 Å². The van der Waals surface area contributed by atoms with Crippen molar-refractivity contribution in [1.29, 1.82) is 0 Å². The molecule has 0 heterocycles. The summed E-state index contributed by atoms with van der Waals surface area (Å²) in [4.78, 5) is 23.9. The van der Waals surface area contributed by atoms with E-state index in [0.29, 0.717) is 15.6 Å². The van der Waals surface area contributed by atoms with Crippen molar-refractivity contribution in [1.82, 2.24) is 0 Å². The molecule has 0 bridgehead atoms. The van der Waals surface area contributed by atoms with Gasteiger partial charge in [-0.1, -0.05) is 23.8 Å². The minimum Gasteiger partial charge on any atom is -0.289 e. The molecule has 2 nitrogen and oxygen atoms in total. The number of hydrogen-bond acceptors (Lipinski definition) is 2. The van der Waals surface area contributed by atoms with Gasteiger partial charge in [-0.15, -0.1) is 0 Å². The number of halogens is 1. The van der Waals surface area contributed by atoms with Gasteiger partial charge in [0.2, 0.25) is 5.78 Å². The molecule has 0 saturated heterocycles. The zero-order chi connectivity index (χ0) is 12.9. The molecule has 2 aromatic carbocycles. The lowest BCUT2D eigenvalue weighted by molar-refractivity contribution is 0.0992. The normalized spacial score (nSPS) is 14.7. The van der Waals surface area contributed by atoms with Gasteiger partial charge < -0.3 is 0 Å². The Bertz CT molecular complexity index is 741. The fourth-order valence-electron chi connectivity index (χ4n) is 2.20. The zero-order valence-electron chi connectivity index (χ0n) is 9.66. The Morgan fingerprint density at radius 2 is 1.67 bits per heavy atom. The lowest BCUT2D eigenvalue weighted by Gasteiger charge is -2.13. The number of rotatable bonds is 0. The van der Waals surface area contributed by atoms with Crippen molar-refractivity contribution in [2.24, 2.45) is 0 Å². The third kappa shape index (κ3) is 1.63. The average molecular weight is 301 g/mol. The Morgan fingerprint density at radius 3 is 2.44 bits per heavy atom. The molecule has 1 aliphatic carbocycles. The Balaban J connectivity index is 2.36. The molecule has 3 rings (SSSR count). The quantitative estimate of drug-likeness (QED) is 0.741. The van der Waals surface area contributed by atoms with Gasteiger partial charge in [0.15, 0.2) is 5.78 Å². The van der Waals surface area contributed by atoms with Gasteiger partial charge in [-0.25, -0.2) is 0 Å². The van der Waals surface area contributed by atoms with Crippen molar-refractivity contribution in [2.75, 3.05) is 0 Å². The van der Waals surface area contributed by atoms with Crippen LogP contribution in [0, 0.1) is 6.92 Å². The van der Waals surface area contributed by atoms with E-state index in [1.807, 2.05) is 25.1 Å². The van der Waals surface area contributed by atoms with Crippen molar-refractivity contribution in [3.63, 3.8) is 0 Å². The van der Waals surface area contributed by atoms with Gasteiger partial charge in [-0.3, -0.25) is 9.59 Å². The van der Waals surface area contributed by atoms with Crippen LogP contribution in [0.3, 0.4) is 0 Å². The standard InChI is InChI=1S/C15H9BrO2/c1-8-2-3-9-5-12-11(6-10(9)4-8)14(17)7-13(16)15(12)18/h2-7H,1H3. The minimum absolute atomic E-state index is 0.125. The second-order valence-corrected chi connectivity index (χ2v) is 5.29. The van der Waals surface area contributed by atoms with Crippen LogP contribution in [0.15, 0.2) is 40.9 Å². The Morgan fingerprint density at radius 1 is 0.944 bits per heavy atom. The van der Waals surface area contributed by atoms with Gasteiger partial charge in [-0.05, 0) is 45.8 Å². The highest BCUT2D eigenvalue weighted by atomic mass is 79.9. The van der Waals surface area contributed by atoms with Gasteiger partial charge >= 0.3 is 0 Å². The first-order chi connectivity index (χ1) is 8.56. The molecule has 0 spiro atoms. The van der Waals surface area contributed by atoms with Crippen LogP contribution in [0.1, 0.15) is 26.3 Å². The molecule has 2 aromatic rings. The van der Waals surface area contributed by atoms with Crippen LogP contribution in [-0.4, -0.2) is 11.6 Å². The highest BCUT2D eigenvalue weighted by Crippen LogP contribution is 2.29. The molecule has 0 N–H and O–H groups in total. The van der Waals surface area contributed by atoms with E-state index in [9.17, 15) is 9.59 Å². The summed E-state index contributed by atoms with van der Waals surface area (Å²) in [5.74, 6) is -0.257. The molecule has 1 aliphatic rings. The predicted octanol–water partition coefficient (Wildman–Crippen LogP) is 3.81. The Labute approximate surface area is 112 Å². The predicted molar refractivity (Wildman–Crippen MR) is 74.4 cm³/mol. The summed E-state index contributed by atoms with van der Waals surface area (Å²) in [5, 5.41) is 1.96. The van der Waals surface area contributed by atoms with E-state index < -0.39 is 0 Å². The molecule has 0 amide bonds. The van der Waals surface area contributed by atoms with Crippen molar-refractivity contribution < 1.29 is 9.59 Å². The average Bonchev–Trinajstić information content (AvgIpc) is 2.34. The van der Waals surface area contributed by atoms with Gasteiger partial charge in [0.05, 0.1) is 4.48 Å². The van der Waals surface area contributed by atoms with Crippen molar-refractivity contribution in [3.8, 4) is 0 Å². The van der Waals surface area contributed by atoms with Crippen molar-refractivity contribution in [3.05, 3.63) is 57.6 Å². The van der Waals surface area contributed by atoms with Crippen LogP contribution in [0.2, 0.25) is 0 Å². The van der Waals surface area contributed by atoms with E-state index in [1.165, 1.54) is 6.08 Å². The molecule has 3 heteroatoms. The topological polar surface area (TPSA) is 34.1 Å². The zero-order valence-corrected chi connectivity index (χ0v) is 11.2. The molecule has 0 saturated carbocycles. The van der Waals surface area contributed by atoms with E-state index in [1.54, 1.807) is 12.1 Å². The molecule has 0 aromatic heterocycles. The smallest absolute Gasteiger partial charge is 0.200 e. The molecule has 18 heavy (non-hydrogen) atoms. The van der Waals surface area contributed by atoms with Crippen LogP contribution in [0.5, 0.6) is 0 Å². The van der Waals surface area contributed by atoms with Gasteiger partial charge in [0.25, 0.3) is 0 Å².